The van der Waals surface area contributed by atoms with Crippen LogP contribution in [0.1, 0.15) is 38.5 Å². The number of hydrogen-bond acceptors (Lipinski definition) is 2. The molecule has 1 aromatic rings. The highest BCUT2D eigenvalue weighted by molar-refractivity contribution is 5.78. The minimum absolute atomic E-state index is 0.283. The molecule has 1 amide bonds. The first kappa shape index (κ1) is 14.4. The number of rotatable bonds is 4. The Morgan fingerprint density at radius 2 is 1.86 bits per heavy atom. The number of carbonyl (C=O) groups is 1. The predicted octanol–water partition coefficient (Wildman–Crippen LogP) is 3.21. The lowest BCUT2D eigenvalue weighted by atomic mass is 9.88. The van der Waals surface area contributed by atoms with Gasteiger partial charge in [-0.15, -0.1) is 0 Å². The van der Waals surface area contributed by atoms with Gasteiger partial charge in [0.2, 0.25) is 5.91 Å². The molecule has 2 aliphatic rings. The zero-order chi connectivity index (χ0) is 14.5. The Kier molecular flexibility index (Phi) is 4.79. The standard InChI is InChI=1S/C18H26N2O/c21-18(16-7-3-1-4-8-16)19-13-15-11-12-20(14-15)17-9-5-2-6-10-17/h2,5-6,9-10,15-16H,1,3-4,7-8,11-14H2,(H,19,21). The van der Waals surface area contributed by atoms with Crippen molar-refractivity contribution in [1.29, 1.82) is 0 Å². The summed E-state index contributed by atoms with van der Waals surface area (Å²) in [6.07, 6.45) is 7.12. The molecule has 1 aliphatic heterocycles. The number of carbonyl (C=O) groups excluding carboxylic acids is 1. The monoisotopic (exact) mass is 286 g/mol. The van der Waals surface area contributed by atoms with Gasteiger partial charge in [-0.25, -0.2) is 0 Å². The van der Waals surface area contributed by atoms with Crippen LogP contribution in [-0.2, 0) is 4.79 Å². The molecule has 0 spiro atoms. The number of hydrogen-bond donors (Lipinski definition) is 1. The van der Waals surface area contributed by atoms with Crippen LogP contribution in [0.2, 0.25) is 0 Å². The highest BCUT2D eigenvalue weighted by Crippen LogP contribution is 2.25. The zero-order valence-electron chi connectivity index (χ0n) is 12.8. The Labute approximate surface area is 127 Å². The lowest BCUT2D eigenvalue weighted by Gasteiger charge is -2.22. The Morgan fingerprint density at radius 3 is 2.62 bits per heavy atom. The molecule has 0 aromatic heterocycles. The predicted molar refractivity (Wildman–Crippen MR) is 86.3 cm³/mol. The van der Waals surface area contributed by atoms with E-state index in [2.05, 4.69) is 40.5 Å². The van der Waals surface area contributed by atoms with E-state index in [1.807, 2.05) is 0 Å². The van der Waals surface area contributed by atoms with Crippen LogP contribution in [0.15, 0.2) is 30.3 Å². The van der Waals surface area contributed by atoms with Crippen molar-refractivity contribution in [1.82, 2.24) is 5.32 Å². The van der Waals surface area contributed by atoms with Gasteiger partial charge in [-0.3, -0.25) is 4.79 Å². The Hall–Kier alpha value is -1.51. The molecular weight excluding hydrogens is 260 g/mol. The molecule has 114 valence electrons. The van der Waals surface area contributed by atoms with Gasteiger partial charge in [0.25, 0.3) is 0 Å². The third kappa shape index (κ3) is 3.78. The van der Waals surface area contributed by atoms with E-state index in [1.165, 1.54) is 31.4 Å². The molecule has 0 radical (unpaired) electrons. The van der Waals surface area contributed by atoms with Gasteiger partial charge in [0, 0.05) is 31.2 Å². The molecule has 1 heterocycles. The molecule has 0 bridgehead atoms. The minimum Gasteiger partial charge on any atom is -0.371 e. The molecule has 1 aromatic carbocycles. The zero-order valence-corrected chi connectivity index (χ0v) is 12.8. The Balaban J connectivity index is 1.43. The Bertz CT molecular complexity index is 454. The van der Waals surface area contributed by atoms with Crippen molar-refractivity contribution in [3.8, 4) is 0 Å². The number of amides is 1. The average Bonchev–Trinajstić information content (AvgIpc) is 3.03. The normalized spacial score (nSPS) is 23.2. The van der Waals surface area contributed by atoms with Crippen molar-refractivity contribution in [2.24, 2.45) is 11.8 Å². The van der Waals surface area contributed by atoms with Crippen LogP contribution in [0.3, 0.4) is 0 Å². The van der Waals surface area contributed by atoms with Crippen molar-refractivity contribution in [2.45, 2.75) is 38.5 Å². The molecule has 3 heteroatoms. The van der Waals surface area contributed by atoms with E-state index in [0.717, 1.165) is 32.5 Å². The maximum atomic E-state index is 12.2. The van der Waals surface area contributed by atoms with Gasteiger partial charge in [0.15, 0.2) is 0 Å². The molecule has 1 saturated carbocycles. The van der Waals surface area contributed by atoms with Gasteiger partial charge in [-0.05, 0) is 37.3 Å². The molecular formula is C18H26N2O. The van der Waals surface area contributed by atoms with Crippen LogP contribution in [0.5, 0.6) is 0 Å². The quantitative estimate of drug-likeness (QED) is 0.922. The maximum Gasteiger partial charge on any atom is 0.223 e. The van der Waals surface area contributed by atoms with Gasteiger partial charge in [0.05, 0.1) is 0 Å². The van der Waals surface area contributed by atoms with E-state index >= 15 is 0 Å². The summed E-state index contributed by atoms with van der Waals surface area (Å²) in [5.41, 5.74) is 1.30. The summed E-state index contributed by atoms with van der Waals surface area (Å²) in [5, 5.41) is 3.20. The molecule has 1 atom stereocenters. The van der Waals surface area contributed by atoms with Crippen LogP contribution < -0.4 is 10.2 Å². The number of anilines is 1. The van der Waals surface area contributed by atoms with E-state index in [9.17, 15) is 4.79 Å². The van der Waals surface area contributed by atoms with Crippen molar-refractivity contribution in [2.75, 3.05) is 24.5 Å². The SMILES string of the molecule is O=C(NCC1CCN(c2ccccc2)C1)C1CCCCC1. The van der Waals surface area contributed by atoms with Crippen LogP contribution in [0, 0.1) is 11.8 Å². The highest BCUT2D eigenvalue weighted by atomic mass is 16.1. The van der Waals surface area contributed by atoms with Crippen molar-refractivity contribution in [3.63, 3.8) is 0 Å². The van der Waals surface area contributed by atoms with Crippen molar-refractivity contribution in [3.05, 3.63) is 30.3 Å². The number of nitrogens with one attached hydrogen (secondary N) is 1. The number of para-hydroxylation sites is 1. The second kappa shape index (κ2) is 6.97. The van der Waals surface area contributed by atoms with Crippen LogP contribution >= 0.6 is 0 Å². The fourth-order valence-electron chi connectivity index (χ4n) is 3.63. The van der Waals surface area contributed by atoms with Gasteiger partial charge < -0.3 is 10.2 Å². The number of benzene rings is 1. The van der Waals surface area contributed by atoms with Crippen molar-refractivity contribution < 1.29 is 4.79 Å². The van der Waals surface area contributed by atoms with E-state index < -0.39 is 0 Å². The van der Waals surface area contributed by atoms with Gasteiger partial charge in [-0.1, -0.05) is 37.5 Å². The molecule has 1 N–H and O–H groups in total. The molecule has 1 unspecified atom stereocenters. The average molecular weight is 286 g/mol. The first-order chi connectivity index (χ1) is 10.3. The van der Waals surface area contributed by atoms with Gasteiger partial charge in [0.1, 0.15) is 0 Å². The fraction of sp³-hybridized carbons (Fsp3) is 0.611. The summed E-state index contributed by atoms with van der Waals surface area (Å²) < 4.78 is 0. The molecule has 1 saturated heterocycles. The second-order valence-corrected chi connectivity index (χ2v) is 6.52. The highest BCUT2D eigenvalue weighted by Gasteiger charge is 2.25. The third-order valence-electron chi connectivity index (χ3n) is 4.95. The van der Waals surface area contributed by atoms with E-state index in [0.29, 0.717) is 11.8 Å². The molecule has 3 rings (SSSR count). The summed E-state index contributed by atoms with van der Waals surface area (Å²) in [7, 11) is 0. The van der Waals surface area contributed by atoms with Crippen molar-refractivity contribution >= 4 is 11.6 Å². The summed E-state index contributed by atoms with van der Waals surface area (Å²) in [5.74, 6) is 1.18. The lowest BCUT2D eigenvalue weighted by molar-refractivity contribution is -0.126. The molecule has 1 aliphatic carbocycles. The van der Waals surface area contributed by atoms with Crippen LogP contribution in [0.4, 0.5) is 5.69 Å². The molecule has 21 heavy (non-hydrogen) atoms. The summed E-state index contributed by atoms with van der Waals surface area (Å²) in [6.45, 7) is 3.02. The minimum atomic E-state index is 0.283. The smallest absolute Gasteiger partial charge is 0.223 e. The summed E-state index contributed by atoms with van der Waals surface area (Å²) >= 11 is 0. The van der Waals surface area contributed by atoms with E-state index in [-0.39, 0.29) is 5.92 Å². The topological polar surface area (TPSA) is 32.3 Å². The first-order valence-electron chi connectivity index (χ1n) is 8.40. The van der Waals surface area contributed by atoms with Crippen LogP contribution in [0.25, 0.3) is 0 Å². The summed E-state index contributed by atoms with van der Waals surface area (Å²) in [4.78, 5) is 14.6. The lowest BCUT2D eigenvalue weighted by Crippen LogP contribution is -2.36. The van der Waals surface area contributed by atoms with E-state index in [4.69, 9.17) is 0 Å². The number of nitrogens with zero attached hydrogens (tertiary/aromatic N) is 1. The maximum absolute atomic E-state index is 12.2. The first-order valence-corrected chi connectivity index (χ1v) is 8.40. The Morgan fingerprint density at radius 1 is 1.10 bits per heavy atom. The van der Waals surface area contributed by atoms with Crippen LogP contribution in [-0.4, -0.2) is 25.5 Å². The van der Waals surface area contributed by atoms with E-state index in [1.54, 1.807) is 0 Å². The van der Waals surface area contributed by atoms with Gasteiger partial charge in [-0.2, -0.15) is 0 Å². The largest absolute Gasteiger partial charge is 0.371 e. The molecule has 2 fully saturated rings. The molecule has 3 nitrogen and oxygen atoms in total. The third-order valence-corrected chi connectivity index (χ3v) is 4.95. The second-order valence-electron chi connectivity index (χ2n) is 6.52. The summed E-state index contributed by atoms with van der Waals surface area (Å²) in [6, 6.07) is 10.6. The fourth-order valence-corrected chi connectivity index (χ4v) is 3.63. The van der Waals surface area contributed by atoms with Gasteiger partial charge >= 0.3 is 0 Å².